The first-order valence-electron chi connectivity index (χ1n) is 7.38. The molecule has 1 aliphatic heterocycles. The Morgan fingerprint density at radius 3 is 2.96 bits per heavy atom. The van der Waals surface area contributed by atoms with E-state index in [2.05, 4.69) is 5.32 Å². The highest BCUT2D eigenvalue weighted by molar-refractivity contribution is 7.07. The van der Waals surface area contributed by atoms with Gasteiger partial charge in [-0.15, -0.1) is 0 Å². The number of rotatable bonds is 6. The Labute approximate surface area is 142 Å². The van der Waals surface area contributed by atoms with Crippen LogP contribution in [0.5, 0.6) is 5.75 Å². The predicted octanol–water partition coefficient (Wildman–Crippen LogP) is 2.44. The van der Waals surface area contributed by atoms with Crippen LogP contribution in [0.2, 0.25) is 0 Å². The molecule has 2 aromatic rings. The van der Waals surface area contributed by atoms with E-state index in [0.717, 1.165) is 5.56 Å². The third kappa shape index (κ3) is 3.99. The fourth-order valence-electron chi connectivity index (χ4n) is 2.24. The first-order valence-corrected chi connectivity index (χ1v) is 8.33. The van der Waals surface area contributed by atoms with E-state index in [0.29, 0.717) is 23.4 Å². The molecule has 1 N–H and O–H groups in total. The molecule has 0 saturated carbocycles. The summed E-state index contributed by atoms with van der Waals surface area (Å²) in [5, 5.41) is 6.55. The first kappa shape index (κ1) is 16.2. The Balaban J connectivity index is 1.52. The number of Topliss-reactive ketones (excluding diaryl/α,β-unsaturated/α-hetero) is 1. The summed E-state index contributed by atoms with van der Waals surface area (Å²) in [4.78, 5) is 35.1. The highest BCUT2D eigenvalue weighted by Crippen LogP contribution is 2.28. The minimum Gasteiger partial charge on any atom is -0.482 e. The number of nitrogens with one attached hydrogen (secondary N) is 1. The lowest BCUT2D eigenvalue weighted by molar-refractivity contribution is -0.142. The van der Waals surface area contributed by atoms with E-state index in [9.17, 15) is 14.4 Å². The lowest BCUT2D eigenvalue weighted by Gasteiger charge is -2.18. The second-order valence-corrected chi connectivity index (χ2v) is 6.04. The molecule has 0 atom stereocenters. The number of hydrogen-bond acceptors (Lipinski definition) is 6. The standard InChI is InChI=1S/C17H15NO5S/c19-14(8-23-17(21)4-1-11-5-6-24-10-11)12-2-3-15-13(7-12)18-16(20)9-22-15/h2-3,5-7,10H,1,4,8-9H2,(H,18,20). The highest BCUT2D eigenvalue weighted by Gasteiger charge is 2.18. The topological polar surface area (TPSA) is 81.7 Å². The maximum Gasteiger partial charge on any atom is 0.306 e. The van der Waals surface area contributed by atoms with Gasteiger partial charge in [0.05, 0.1) is 5.69 Å². The van der Waals surface area contributed by atoms with E-state index in [4.69, 9.17) is 9.47 Å². The van der Waals surface area contributed by atoms with Crippen molar-refractivity contribution in [3.8, 4) is 5.75 Å². The van der Waals surface area contributed by atoms with E-state index < -0.39 is 5.97 Å². The molecule has 1 aliphatic rings. The highest BCUT2D eigenvalue weighted by atomic mass is 32.1. The molecule has 1 aromatic heterocycles. The molecule has 124 valence electrons. The number of fused-ring (bicyclic) bond motifs is 1. The Bertz CT molecular complexity index is 769. The van der Waals surface area contributed by atoms with Gasteiger partial charge in [0.1, 0.15) is 5.75 Å². The van der Waals surface area contributed by atoms with Crippen LogP contribution < -0.4 is 10.1 Å². The van der Waals surface area contributed by atoms with Gasteiger partial charge in [0.25, 0.3) is 5.91 Å². The van der Waals surface area contributed by atoms with Gasteiger partial charge in [-0.05, 0) is 47.0 Å². The van der Waals surface area contributed by atoms with Crippen LogP contribution in [0.25, 0.3) is 0 Å². The van der Waals surface area contributed by atoms with Crippen molar-refractivity contribution in [1.29, 1.82) is 0 Å². The summed E-state index contributed by atoms with van der Waals surface area (Å²) in [6, 6.07) is 6.67. The second-order valence-electron chi connectivity index (χ2n) is 5.26. The molecule has 0 bridgehead atoms. The number of ketones is 1. The minimum absolute atomic E-state index is 0.0396. The fourth-order valence-corrected chi connectivity index (χ4v) is 2.94. The third-order valence-electron chi connectivity index (χ3n) is 3.50. The van der Waals surface area contributed by atoms with Gasteiger partial charge in [-0.25, -0.2) is 0 Å². The summed E-state index contributed by atoms with van der Waals surface area (Å²) < 4.78 is 10.2. The van der Waals surface area contributed by atoms with Crippen molar-refractivity contribution in [3.63, 3.8) is 0 Å². The van der Waals surface area contributed by atoms with Crippen LogP contribution in [0.1, 0.15) is 22.3 Å². The Morgan fingerprint density at radius 2 is 2.17 bits per heavy atom. The summed E-state index contributed by atoms with van der Waals surface area (Å²) in [5.74, 6) is -0.503. The first-order chi connectivity index (χ1) is 11.6. The van der Waals surface area contributed by atoms with Crippen LogP contribution in [0.15, 0.2) is 35.0 Å². The molecule has 2 heterocycles. The largest absolute Gasteiger partial charge is 0.482 e. The fraction of sp³-hybridized carbons (Fsp3) is 0.235. The molecular formula is C17H15NO5S. The van der Waals surface area contributed by atoms with E-state index in [-0.39, 0.29) is 31.3 Å². The molecule has 0 fully saturated rings. The smallest absolute Gasteiger partial charge is 0.306 e. The van der Waals surface area contributed by atoms with Gasteiger partial charge in [0, 0.05) is 12.0 Å². The van der Waals surface area contributed by atoms with Gasteiger partial charge in [-0.3, -0.25) is 14.4 Å². The summed E-state index contributed by atoms with van der Waals surface area (Å²) in [6.45, 7) is -0.363. The van der Waals surface area contributed by atoms with Crippen molar-refractivity contribution in [2.75, 3.05) is 18.5 Å². The summed E-state index contributed by atoms with van der Waals surface area (Å²) >= 11 is 1.57. The van der Waals surface area contributed by atoms with Gasteiger partial charge in [0.15, 0.2) is 19.0 Å². The number of amides is 1. The molecule has 0 radical (unpaired) electrons. The molecule has 0 saturated heterocycles. The molecule has 1 amide bonds. The Morgan fingerprint density at radius 1 is 1.29 bits per heavy atom. The van der Waals surface area contributed by atoms with Crippen LogP contribution in [0.4, 0.5) is 5.69 Å². The molecule has 1 aromatic carbocycles. The zero-order valence-corrected chi connectivity index (χ0v) is 13.6. The molecule has 7 heteroatoms. The number of benzene rings is 1. The molecule has 0 aliphatic carbocycles. The van der Waals surface area contributed by atoms with Crippen molar-refractivity contribution >= 4 is 34.7 Å². The lowest BCUT2D eigenvalue weighted by atomic mass is 10.1. The van der Waals surface area contributed by atoms with Crippen molar-refractivity contribution in [1.82, 2.24) is 0 Å². The SMILES string of the molecule is O=C1COc2ccc(C(=O)COC(=O)CCc3ccsc3)cc2N1. The number of anilines is 1. The molecule has 0 spiro atoms. The molecule has 6 nitrogen and oxygen atoms in total. The molecule has 24 heavy (non-hydrogen) atoms. The van der Waals surface area contributed by atoms with Crippen LogP contribution in [-0.4, -0.2) is 30.9 Å². The lowest BCUT2D eigenvalue weighted by Crippen LogP contribution is -2.25. The van der Waals surface area contributed by atoms with Gasteiger partial charge in [-0.1, -0.05) is 0 Å². The van der Waals surface area contributed by atoms with Crippen molar-refractivity contribution in [2.24, 2.45) is 0 Å². The normalized spacial score (nSPS) is 12.8. The average molecular weight is 345 g/mol. The van der Waals surface area contributed by atoms with E-state index >= 15 is 0 Å². The van der Waals surface area contributed by atoms with Gasteiger partial charge < -0.3 is 14.8 Å². The van der Waals surface area contributed by atoms with E-state index in [1.165, 1.54) is 6.07 Å². The number of carbonyl (C=O) groups excluding carboxylic acids is 3. The zero-order valence-electron chi connectivity index (χ0n) is 12.7. The average Bonchev–Trinajstić information content (AvgIpc) is 3.10. The van der Waals surface area contributed by atoms with Gasteiger partial charge >= 0.3 is 5.97 Å². The van der Waals surface area contributed by atoms with Gasteiger partial charge in [0.2, 0.25) is 0 Å². The van der Waals surface area contributed by atoms with Crippen LogP contribution in [0.3, 0.4) is 0 Å². The predicted molar refractivity (Wildman–Crippen MR) is 88.5 cm³/mol. The van der Waals surface area contributed by atoms with Crippen LogP contribution in [0, 0.1) is 0 Å². The zero-order chi connectivity index (χ0) is 16.9. The maximum absolute atomic E-state index is 12.1. The minimum atomic E-state index is -0.413. The number of esters is 1. The number of carbonyl (C=O) groups is 3. The second kappa shape index (κ2) is 7.27. The van der Waals surface area contributed by atoms with E-state index in [1.54, 1.807) is 23.5 Å². The molecule has 0 unspecified atom stereocenters. The van der Waals surface area contributed by atoms with Crippen LogP contribution in [-0.2, 0) is 20.7 Å². The number of hydrogen-bond donors (Lipinski definition) is 1. The van der Waals surface area contributed by atoms with E-state index in [1.807, 2.05) is 16.8 Å². The van der Waals surface area contributed by atoms with Gasteiger partial charge in [-0.2, -0.15) is 11.3 Å². The van der Waals surface area contributed by atoms with Crippen LogP contribution >= 0.6 is 11.3 Å². The summed E-state index contributed by atoms with van der Waals surface area (Å²) in [7, 11) is 0. The summed E-state index contributed by atoms with van der Waals surface area (Å²) in [6.07, 6.45) is 0.830. The number of ether oxygens (including phenoxy) is 2. The van der Waals surface area contributed by atoms with Crippen molar-refractivity contribution in [2.45, 2.75) is 12.8 Å². The number of thiophene rings is 1. The molecular weight excluding hydrogens is 330 g/mol. The van der Waals surface area contributed by atoms with Crippen molar-refractivity contribution in [3.05, 3.63) is 46.2 Å². The Kier molecular flexibility index (Phi) is 4.90. The molecule has 3 rings (SSSR count). The van der Waals surface area contributed by atoms with Crippen molar-refractivity contribution < 1.29 is 23.9 Å². The quantitative estimate of drug-likeness (QED) is 0.642. The Hall–Kier alpha value is -2.67. The monoisotopic (exact) mass is 345 g/mol. The number of aryl methyl sites for hydroxylation is 1. The third-order valence-corrected chi connectivity index (χ3v) is 4.23. The maximum atomic E-state index is 12.1. The summed E-state index contributed by atoms with van der Waals surface area (Å²) in [5.41, 5.74) is 1.87.